The lowest BCUT2D eigenvalue weighted by molar-refractivity contribution is -0.120. The van der Waals surface area contributed by atoms with E-state index < -0.39 is 0 Å². The first-order chi connectivity index (χ1) is 13.7. The lowest BCUT2D eigenvalue weighted by Gasteiger charge is -2.31. The van der Waals surface area contributed by atoms with Crippen LogP contribution in [0.15, 0.2) is 36.7 Å². The average molecular weight is 393 g/mol. The van der Waals surface area contributed by atoms with Gasteiger partial charge >= 0.3 is 0 Å². The summed E-state index contributed by atoms with van der Waals surface area (Å²) in [5.41, 5.74) is 2.82. The van der Waals surface area contributed by atoms with Gasteiger partial charge in [-0.2, -0.15) is 4.52 Å². The smallest absolute Gasteiger partial charge is 0.229 e. The number of amides is 1. The van der Waals surface area contributed by atoms with Crippen LogP contribution in [0.25, 0.3) is 15.9 Å². The van der Waals surface area contributed by atoms with Crippen molar-refractivity contribution in [2.24, 2.45) is 5.92 Å². The van der Waals surface area contributed by atoms with Crippen LogP contribution in [-0.4, -0.2) is 43.8 Å². The molecular formula is C19H19N7OS. The normalized spacial score (nSPS) is 15.4. The maximum absolute atomic E-state index is 12.7. The van der Waals surface area contributed by atoms with Gasteiger partial charge < -0.3 is 10.2 Å². The molecule has 3 aromatic heterocycles. The summed E-state index contributed by atoms with van der Waals surface area (Å²) >= 11 is 1.53. The van der Waals surface area contributed by atoms with Crippen molar-refractivity contribution in [1.29, 1.82) is 0 Å². The molecule has 1 aromatic carbocycles. The molecule has 0 bridgehead atoms. The molecule has 142 valence electrons. The van der Waals surface area contributed by atoms with Crippen molar-refractivity contribution in [2.75, 3.05) is 23.3 Å². The van der Waals surface area contributed by atoms with Gasteiger partial charge in [0, 0.05) is 19.0 Å². The zero-order valence-corrected chi connectivity index (χ0v) is 16.2. The van der Waals surface area contributed by atoms with E-state index in [9.17, 15) is 4.79 Å². The number of piperidine rings is 1. The van der Waals surface area contributed by atoms with Crippen molar-refractivity contribution in [3.63, 3.8) is 0 Å². The highest BCUT2D eigenvalue weighted by Crippen LogP contribution is 2.29. The summed E-state index contributed by atoms with van der Waals surface area (Å²) in [5.74, 6) is 0.925. The van der Waals surface area contributed by atoms with Crippen LogP contribution in [0.2, 0.25) is 0 Å². The Morgan fingerprint density at radius 2 is 2.07 bits per heavy atom. The van der Waals surface area contributed by atoms with Crippen molar-refractivity contribution in [3.8, 4) is 0 Å². The van der Waals surface area contributed by atoms with E-state index in [1.807, 2.05) is 37.3 Å². The highest BCUT2D eigenvalue weighted by Gasteiger charge is 2.26. The second-order valence-corrected chi connectivity index (χ2v) is 8.05. The van der Waals surface area contributed by atoms with Crippen molar-refractivity contribution in [1.82, 2.24) is 24.8 Å². The van der Waals surface area contributed by atoms with Gasteiger partial charge in [0.05, 0.1) is 10.2 Å². The largest absolute Gasteiger partial charge is 0.355 e. The van der Waals surface area contributed by atoms with Crippen LogP contribution in [-0.2, 0) is 4.79 Å². The van der Waals surface area contributed by atoms with E-state index in [1.54, 1.807) is 10.8 Å². The van der Waals surface area contributed by atoms with Gasteiger partial charge in [-0.25, -0.2) is 4.98 Å². The number of thiazole rings is 1. The number of nitrogens with zero attached hydrogens (tertiary/aromatic N) is 6. The molecule has 8 nitrogen and oxygen atoms in total. The zero-order chi connectivity index (χ0) is 19.1. The Bertz CT molecular complexity index is 1160. The first-order valence-electron chi connectivity index (χ1n) is 9.26. The summed E-state index contributed by atoms with van der Waals surface area (Å²) in [6, 6.07) is 9.95. The van der Waals surface area contributed by atoms with Gasteiger partial charge in [0.15, 0.2) is 10.8 Å². The number of fused-ring (bicyclic) bond motifs is 2. The summed E-state index contributed by atoms with van der Waals surface area (Å²) in [4.78, 5) is 19.5. The Morgan fingerprint density at radius 3 is 2.89 bits per heavy atom. The molecule has 28 heavy (non-hydrogen) atoms. The molecule has 0 saturated carbocycles. The predicted octanol–water partition coefficient (Wildman–Crippen LogP) is 2.90. The van der Waals surface area contributed by atoms with Crippen LogP contribution >= 0.6 is 11.3 Å². The van der Waals surface area contributed by atoms with Crippen molar-refractivity contribution < 1.29 is 4.79 Å². The number of para-hydroxylation sites is 1. The van der Waals surface area contributed by atoms with Crippen LogP contribution in [0.5, 0.6) is 0 Å². The molecule has 1 N–H and O–H groups in total. The second-order valence-electron chi connectivity index (χ2n) is 7.02. The van der Waals surface area contributed by atoms with Crippen LogP contribution < -0.4 is 10.2 Å². The molecule has 0 spiro atoms. The maximum Gasteiger partial charge on any atom is 0.229 e. The number of anilines is 2. The minimum absolute atomic E-state index is 0.0111. The number of rotatable bonds is 3. The Labute approximate surface area is 165 Å². The molecule has 0 aliphatic carbocycles. The summed E-state index contributed by atoms with van der Waals surface area (Å²) < 4.78 is 2.77. The lowest BCUT2D eigenvalue weighted by Crippen LogP contribution is -2.38. The van der Waals surface area contributed by atoms with Gasteiger partial charge in [-0.15, -0.1) is 15.3 Å². The van der Waals surface area contributed by atoms with Crippen LogP contribution in [0, 0.1) is 12.8 Å². The van der Waals surface area contributed by atoms with Gasteiger partial charge in [-0.05, 0) is 43.5 Å². The highest BCUT2D eigenvalue weighted by molar-refractivity contribution is 7.22. The topological polar surface area (TPSA) is 88.3 Å². The van der Waals surface area contributed by atoms with Crippen molar-refractivity contribution in [2.45, 2.75) is 19.8 Å². The standard InChI is InChI=1S/C19H19N7OS/c1-12-3-2-4-14-17(12)21-19(28-14)22-18(27)13-7-9-25(10-8-13)16-6-5-15-23-20-11-26(15)24-16/h2-6,11,13H,7-10H2,1H3,(H,21,22,27). The Morgan fingerprint density at radius 1 is 1.21 bits per heavy atom. The van der Waals surface area contributed by atoms with Crippen LogP contribution in [0.3, 0.4) is 0 Å². The van der Waals surface area contributed by atoms with E-state index in [1.165, 1.54) is 11.3 Å². The molecule has 1 saturated heterocycles. The number of hydrogen-bond donors (Lipinski definition) is 1. The zero-order valence-electron chi connectivity index (χ0n) is 15.4. The third-order valence-corrected chi connectivity index (χ3v) is 6.12. The quantitative estimate of drug-likeness (QED) is 0.576. The molecule has 5 rings (SSSR count). The average Bonchev–Trinajstić information content (AvgIpc) is 3.34. The fraction of sp³-hybridized carbons (Fsp3) is 0.316. The number of aryl methyl sites for hydroxylation is 1. The number of carbonyl (C=O) groups excluding carboxylic acids is 1. The Balaban J connectivity index is 1.24. The molecule has 1 aliphatic rings. The molecule has 1 amide bonds. The SMILES string of the molecule is Cc1cccc2sc(NC(=O)C3CCN(c4ccc5nncn5n4)CC3)nc12. The minimum Gasteiger partial charge on any atom is -0.355 e. The monoisotopic (exact) mass is 393 g/mol. The molecule has 1 fully saturated rings. The molecule has 9 heteroatoms. The minimum atomic E-state index is -0.0111. The molecule has 4 heterocycles. The molecule has 1 aliphatic heterocycles. The van der Waals surface area contributed by atoms with E-state index in [4.69, 9.17) is 0 Å². The number of carbonyl (C=O) groups is 1. The molecule has 4 aromatic rings. The number of nitrogens with one attached hydrogen (secondary N) is 1. The first kappa shape index (κ1) is 17.1. The summed E-state index contributed by atoms with van der Waals surface area (Å²) in [6.45, 7) is 3.62. The molecule has 0 unspecified atom stereocenters. The van der Waals surface area contributed by atoms with E-state index in [0.717, 1.165) is 53.2 Å². The fourth-order valence-corrected chi connectivity index (χ4v) is 4.55. The van der Waals surface area contributed by atoms with E-state index in [0.29, 0.717) is 5.13 Å². The van der Waals surface area contributed by atoms with Crippen molar-refractivity contribution >= 4 is 44.1 Å². The summed E-state index contributed by atoms with van der Waals surface area (Å²) in [5, 5.41) is 16.1. The number of hydrogen-bond acceptors (Lipinski definition) is 7. The van der Waals surface area contributed by atoms with Gasteiger partial charge in [-0.1, -0.05) is 23.5 Å². The van der Waals surface area contributed by atoms with Gasteiger partial charge in [-0.3, -0.25) is 4.79 Å². The van der Waals surface area contributed by atoms with Crippen LogP contribution in [0.4, 0.5) is 10.9 Å². The third-order valence-electron chi connectivity index (χ3n) is 5.19. The number of aromatic nitrogens is 5. The first-order valence-corrected chi connectivity index (χ1v) is 10.1. The molecular weight excluding hydrogens is 374 g/mol. The van der Waals surface area contributed by atoms with Crippen LogP contribution in [0.1, 0.15) is 18.4 Å². The summed E-state index contributed by atoms with van der Waals surface area (Å²) in [7, 11) is 0. The Hall–Kier alpha value is -3.07. The summed E-state index contributed by atoms with van der Waals surface area (Å²) in [6.07, 6.45) is 3.17. The third kappa shape index (κ3) is 3.07. The van der Waals surface area contributed by atoms with Gasteiger partial charge in [0.2, 0.25) is 5.91 Å². The second kappa shape index (κ2) is 6.83. The van der Waals surface area contributed by atoms with E-state index in [2.05, 4.69) is 30.5 Å². The molecule has 0 atom stereocenters. The Kier molecular flexibility index (Phi) is 4.16. The van der Waals surface area contributed by atoms with Gasteiger partial charge in [0.25, 0.3) is 0 Å². The maximum atomic E-state index is 12.7. The van der Waals surface area contributed by atoms with E-state index >= 15 is 0 Å². The lowest BCUT2D eigenvalue weighted by atomic mass is 9.96. The highest BCUT2D eigenvalue weighted by atomic mass is 32.1. The van der Waals surface area contributed by atoms with Crippen molar-refractivity contribution in [3.05, 3.63) is 42.2 Å². The fourth-order valence-electron chi connectivity index (χ4n) is 3.60. The molecule has 0 radical (unpaired) electrons. The van der Waals surface area contributed by atoms with E-state index in [-0.39, 0.29) is 11.8 Å². The van der Waals surface area contributed by atoms with Gasteiger partial charge in [0.1, 0.15) is 12.1 Å². The number of benzene rings is 1. The predicted molar refractivity (Wildman–Crippen MR) is 109 cm³/mol.